The predicted octanol–water partition coefficient (Wildman–Crippen LogP) is 3.06. The molecule has 1 heterocycles. The van der Waals surface area contributed by atoms with E-state index in [1.165, 1.54) is 15.5 Å². The van der Waals surface area contributed by atoms with Crippen molar-refractivity contribution in [3.63, 3.8) is 0 Å². The van der Waals surface area contributed by atoms with Crippen LogP contribution >= 0.6 is 12.2 Å². The van der Waals surface area contributed by atoms with Gasteiger partial charge in [-0.1, -0.05) is 38.8 Å². The minimum atomic E-state index is -0.621. The van der Waals surface area contributed by atoms with E-state index < -0.39 is 17.1 Å². The maximum absolute atomic E-state index is 14.0. The first kappa shape index (κ1) is 21.6. The molecule has 2 aromatic rings. The van der Waals surface area contributed by atoms with E-state index in [0.717, 1.165) is 25.7 Å². The molecule has 4 N–H and O–H groups in total. The van der Waals surface area contributed by atoms with Gasteiger partial charge in [0, 0.05) is 13.1 Å². The molecule has 0 aliphatic carbocycles. The van der Waals surface area contributed by atoms with Crippen molar-refractivity contribution in [2.75, 3.05) is 22.5 Å². The summed E-state index contributed by atoms with van der Waals surface area (Å²) in [6.07, 6.45) is 3.19. The maximum Gasteiger partial charge on any atom is 0.330 e. The fourth-order valence-corrected chi connectivity index (χ4v) is 3.05. The van der Waals surface area contributed by atoms with E-state index >= 15 is 0 Å². The van der Waals surface area contributed by atoms with E-state index in [9.17, 15) is 14.0 Å². The smallest absolute Gasteiger partial charge is 0.330 e. The molecule has 1 aromatic heterocycles. The Balaban J connectivity index is 2.47. The number of H-pyrrole nitrogens is 1. The molecule has 0 aliphatic rings. The summed E-state index contributed by atoms with van der Waals surface area (Å²) in [6.45, 7) is 4.78. The van der Waals surface area contributed by atoms with Crippen molar-refractivity contribution in [1.29, 1.82) is 0 Å². The Labute approximate surface area is 168 Å². The molecule has 28 heavy (non-hydrogen) atoms. The van der Waals surface area contributed by atoms with Gasteiger partial charge in [0.15, 0.2) is 10.8 Å². The number of rotatable bonds is 8. The van der Waals surface area contributed by atoms with Crippen molar-refractivity contribution in [3.05, 3.63) is 50.9 Å². The Morgan fingerprint density at radius 1 is 1.25 bits per heavy atom. The Bertz CT molecular complexity index is 941. The van der Waals surface area contributed by atoms with E-state index in [2.05, 4.69) is 10.3 Å². The number of halogens is 1. The van der Waals surface area contributed by atoms with Crippen molar-refractivity contribution in [2.24, 2.45) is 0 Å². The van der Waals surface area contributed by atoms with Crippen LogP contribution < -0.4 is 27.2 Å². The Morgan fingerprint density at radius 2 is 1.93 bits per heavy atom. The third kappa shape index (κ3) is 4.98. The van der Waals surface area contributed by atoms with Crippen molar-refractivity contribution in [3.8, 4) is 0 Å². The maximum atomic E-state index is 14.0. The number of nitrogens with two attached hydrogens (primary N) is 1. The van der Waals surface area contributed by atoms with Gasteiger partial charge in [-0.25, -0.2) is 9.18 Å². The number of hydrogen-bond acceptors (Lipinski definition) is 4. The Hall–Kier alpha value is -2.68. The quantitative estimate of drug-likeness (QED) is 0.582. The number of anilines is 3. The second-order valence-corrected chi connectivity index (χ2v) is 6.80. The Morgan fingerprint density at radius 3 is 2.57 bits per heavy atom. The fourth-order valence-electron chi connectivity index (χ4n) is 2.75. The zero-order chi connectivity index (χ0) is 20.7. The average molecular weight is 408 g/mol. The van der Waals surface area contributed by atoms with Crippen molar-refractivity contribution < 1.29 is 4.39 Å². The van der Waals surface area contributed by atoms with Gasteiger partial charge >= 0.3 is 5.69 Å². The molecule has 7 nitrogen and oxygen atoms in total. The van der Waals surface area contributed by atoms with Crippen LogP contribution in [0.5, 0.6) is 0 Å². The van der Waals surface area contributed by atoms with Crippen molar-refractivity contribution in [2.45, 2.75) is 46.1 Å². The first-order valence-corrected chi connectivity index (χ1v) is 9.77. The number of aromatic amines is 1. The molecular weight excluding hydrogens is 381 g/mol. The predicted molar refractivity (Wildman–Crippen MR) is 116 cm³/mol. The van der Waals surface area contributed by atoms with Crippen LogP contribution in [0, 0.1) is 5.82 Å². The van der Waals surface area contributed by atoms with Gasteiger partial charge in [-0.3, -0.25) is 14.3 Å². The van der Waals surface area contributed by atoms with E-state index in [-0.39, 0.29) is 22.3 Å². The van der Waals surface area contributed by atoms with Crippen LogP contribution in [0.1, 0.15) is 39.5 Å². The van der Waals surface area contributed by atoms with E-state index in [1.807, 2.05) is 13.8 Å². The van der Waals surface area contributed by atoms with Gasteiger partial charge in [0.2, 0.25) is 0 Å². The summed E-state index contributed by atoms with van der Waals surface area (Å²) >= 11 is 5.45. The number of aromatic nitrogens is 2. The molecule has 0 saturated carbocycles. The monoisotopic (exact) mass is 407 g/mol. The highest BCUT2D eigenvalue weighted by Gasteiger charge is 2.22. The third-order valence-corrected chi connectivity index (χ3v) is 4.64. The van der Waals surface area contributed by atoms with Gasteiger partial charge in [-0.15, -0.1) is 0 Å². The Kier molecular flexibility index (Phi) is 7.74. The second-order valence-electron chi connectivity index (χ2n) is 6.41. The number of nitrogen functional groups attached to an aromatic ring is 1. The summed E-state index contributed by atoms with van der Waals surface area (Å²) in [6, 6.07) is 6.12. The molecule has 0 amide bonds. The number of unbranched alkanes of at least 4 members (excludes halogenated alkanes) is 2. The van der Waals surface area contributed by atoms with Gasteiger partial charge in [0.05, 0.1) is 5.69 Å². The number of thiocarbonyl (C=S) groups is 1. The number of nitrogens with one attached hydrogen (secondary N) is 2. The van der Waals surface area contributed by atoms with Crippen LogP contribution in [0.3, 0.4) is 0 Å². The minimum Gasteiger partial charge on any atom is -0.383 e. The normalized spacial score (nSPS) is 10.7. The second kappa shape index (κ2) is 10.0. The molecule has 0 atom stereocenters. The summed E-state index contributed by atoms with van der Waals surface area (Å²) in [5.74, 6) is -0.411. The number of benzene rings is 1. The fraction of sp³-hybridized carbons (Fsp3) is 0.421. The lowest BCUT2D eigenvalue weighted by Gasteiger charge is -2.27. The number of hydrogen-bond donors (Lipinski definition) is 3. The molecule has 0 bridgehead atoms. The highest BCUT2D eigenvalue weighted by Crippen LogP contribution is 2.20. The van der Waals surface area contributed by atoms with Crippen LogP contribution in [0.15, 0.2) is 33.9 Å². The topological polar surface area (TPSA) is 96.2 Å². The largest absolute Gasteiger partial charge is 0.383 e. The lowest BCUT2D eigenvalue weighted by molar-refractivity contribution is 0.604. The zero-order valence-corrected chi connectivity index (χ0v) is 16.9. The summed E-state index contributed by atoms with van der Waals surface area (Å²) in [5.41, 5.74) is 5.32. The molecule has 2 rings (SSSR count). The van der Waals surface area contributed by atoms with Gasteiger partial charge in [0.1, 0.15) is 11.6 Å². The molecular formula is C19H26FN5O2S. The molecule has 0 radical (unpaired) electrons. The first-order valence-electron chi connectivity index (χ1n) is 9.36. The highest BCUT2D eigenvalue weighted by molar-refractivity contribution is 7.80. The summed E-state index contributed by atoms with van der Waals surface area (Å²) in [5, 5.41) is 2.97. The van der Waals surface area contributed by atoms with Gasteiger partial charge < -0.3 is 16.0 Å². The molecule has 0 spiro atoms. The summed E-state index contributed by atoms with van der Waals surface area (Å²) in [4.78, 5) is 28.6. The lowest BCUT2D eigenvalue weighted by Crippen LogP contribution is -2.43. The third-order valence-electron chi connectivity index (χ3n) is 4.32. The van der Waals surface area contributed by atoms with Crippen molar-refractivity contribution in [1.82, 2.24) is 9.55 Å². The molecule has 0 fully saturated rings. The average Bonchev–Trinajstić information content (AvgIpc) is 2.65. The first-order chi connectivity index (χ1) is 13.4. The number of para-hydroxylation sites is 1. The van der Waals surface area contributed by atoms with Crippen molar-refractivity contribution >= 4 is 34.5 Å². The molecule has 152 valence electrons. The van der Waals surface area contributed by atoms with E-state index in [1.54, 1.807) is 18.2 Å². The van der Waals surface area contributed by atoms with Crippen LogP contribution in [0.2, 0.25) is 0 Å². The lowest BCUT2D eigenvalue weighted by atomic mass is 10.2. The van der Waals surface area contributed by atoms with Crippen LogP contribution in [0.4, 0.5) is 21.6 Å². The summed E-state index contributed by atoms with van der Waals surface area (Å²) < 4.78 is 15.3. The van der Waals surface area contributed by atoms with Crippen LogP contribution in [-0.2, 0) is 6.54 Å². The van der Waals surface area contributed by atoms with Gasteiger partial charge in [-0.05, 0) is 37.2 Å². The van der Waals surface area contributed by atoms with Gasteiger partial charge in [0.25, 0.3) is 5.56 Å². The van der Waals surface area contributed by atoms with E-state index in [0.29, 0.717) is 13.1 Å². The van der Waals surface area contributed by atoms with Crippen LogP contribution in [-0.4, -0.2) is 21.2 Å². The zero-order valence-electron chi connectivity index (χ0n) is 16.1. The summed E-state index contributed by atoms with van der Waals surface area (Å²) in [7, 11) is 0. The molecule has 0 aliphatic heterocycles. The molecule has 0 unspecified atom stereocenters. The van der Waals surface area contributed by atoms with Crippen LogP contribution in [0.25, 0.3) is 0 Å². The molecule has 1 aromatic carbocycles. The molecule has 9 heteroatoms. The van der Waals surface area contributed by atoms with Gasteiger partial charge in [-0.2, -0.15) is 0 Å². The minimum absolute atomic E-state index is 0.0518. The molecule has 0 saturated heterocycles. The SMILES string of the molecule is CCCCN(C(=S)Nc1ccccc1F)c1c(N)n(CCCC)c(=O)[nH]c1=O. The standard InChI is InChI=1S/C19H26FN5O2S/c1-3-5-11-24(19(28)22-14-10-8-7-9-13(14)20)15-16(21)25(12-6-4-2)18(27)23-17(15)26/h7-10H,3-6,11-12,21H2,1-2H3,(H,22,28)(H,23,26,27). The van der Waals surface area contributed by atoms with E-state index in [4.69, 9.17) is 18.0 Å². The number of nitrogens with zero attached hydrogens (tertiary/aromatic N) is 2. The highest BCUT2D eigenvalue weighted by atomic mass is 32.1.